The van der Waals surface area contributed by atoms with Crippen LogP contribution in [0.15, 0.2) is 29.1 Å². The Hall–Kier alpha value is -1.64. The highest BCUT2D eigenvalue weighted by Gasteiger charge is 2.10. The van der Waals surface area contributed by atoms with E-state index in [4.69, 9.17) is 0 Å². The quantitative estimate of drug-likeness (QED) is 0.812. The van der Waals surface area contributed by atoms with Crippen LogP contribution in [0.4, 0.5) is 0 Å². The van der Waals surface area contributed by atoms with Crippen molar-refractivity contribution >= 4 is 11.0 Å². The zero-order chi connectivity index (χ0) is 12.4. The van der Waals surface area contributed by atoms with Crippen molar-refractivity contribution in [1.82, 2.24) is 9.55 Å². The molecule has 0 aliphatic heterocycles. The van der Waals surface area contributed by atoms with Gasteiger partial charge in [-0.25, -0.2) is 4.98 Å². The van der Waals surface area contributed by atoms with Crippen molar-refractivity contribution in [2.75, 3.05) is 0 Å². The van der Waals surface area contributed by atoms with Gasteiger partial charge in [-0.3, -0.25) is 4.79 Å². The molecule has 0 aliphatic rings. The van der Waals surface area contributed by atoms with Gasteiger partial charge in [-0.1, -0.05) is 26.0 Å². The first-order valence-electron chi connectivity index (χ1n) is 6.12. The molecule has 0 fully saturated rings. The third kappa shape index (κ3) is 2.23. The van der Waals surface area contributed by atoms with Gasteiger partial charge in [0.15, 0.2) is 0 Å². The fraction of sp³-hybridized carbons (Fsp3) is 0.429. The van der Waals surface area contributed by atoms with Crippen LogP contribution in [0, 0.1) is 5.92 Å². The minimum Gasteiger partial charge on any atom is -0.305 e. The number of aromatic nitrogens is 2. The van der Waals surface area contributed by atoms with Crippen molar-refractivity contribution in [3.63, 3.8) is 0 Å². The number of fused-ring (bicyclic) bond motifs is 1. The summed E-state index contributed by atoms with van der Waals surface area (Å²) in [6, 6.07) is 7.81. The average Bonchev–Trinajstić information content (AvgIpc) is 2.30. The van der Waals surface area contributed by atoms with Crippen molar-refractivity contribution in [1.29, 1.82) is 0 Å². The van der Waals surface area contributed by atoms with E-state index in [1.165, 1.54) is 0 Å². The molecule has 3 heteroatoms. The summed E-state index contributed by atoms with van der Waals surface area (Å²) < 4.78 is 1.81. The summed E-state index contributed by atoms with van der Waals surface area (Å²) in [5, 5.41) is 0. The number of para-hydroxylation sites is 2. The Balaban J connectivity index is 2.71. The molecule has 3 nitrogen and oxygen atoms in total. The average molecular weight is 230 g/mol. The molecular formula is C14H18N2O. The van der Waals surface area contributed by atoms with Gasteiger partial charge >= 0.3 is 0 Å². The zero-order valence-electron chi connectivity index (χ0n) is 10.6. The van der Waals surface area contributed by atoms with Crippen molar-refractivity contribution in [3.05, 3.63) is 40.3 Å². The van der Waals surface area contributed by atoms with Gasteiger partial charge in [0.2, 0.25) is 0 Å². The second-order valence-electron chi connectivity index (χ2n) is 4.69. The number of hydrogen-bond acceptors (Lipinski definition) is 2. The fourth-order valence-corrected chi connectivity index (χ4v) is 2.08. The summed E-state index contributed by atoms with van der Waals surface area (Å²) in [7, 11) is 0. The van der Waals surface area contributed by atoms with Gasteiger partial charge in [0.1, 0.15) is 5.69 Å². The minimum absolute atomic E-state index is 0.0555. The lowest BCUT2D eigenvalue weighted by atomic mass is 10.1. The predicted octanol–water partition coefficient (Wildman–Crippen LogP) is 2.61. The maximum atomic E-state index is 12.2. The monoisotopic (exact) mass is 230 g/mol. The summed E-state index contributed by atoms with van der Waals surface area (Å²) >= 11 is 0. The van der Waals surface area contributed by atoms with Crippen molar-refractivity contribution in [3.8, 4) is 0 Å². The number of rotatable bonds is 3. The Bertz CT molecular complexity index is 584. The van der Waals surface area contributed by atoms with E-state index in [1.54, 1.807) is 4.57 Å². The van der Waals surface area contributed by atoms with Crippen molar-refractivity contribution < 1.29 is 0 Å². The normalized spacial score (nSPS) is 11.3. The van der Waals surface area contributed by atoms with Crippen LogP contribution in [0.1, 0.15) is 26.5 Å². The van der Waals surface area contributed by atoms with E-state index in [0.29, 0.717) is 18.2 Å². The molecule has 1 heterocycles. The van der Waals surface area contributed by atoms with Gasteiger partial charge < -0.3 is 4.57 Å². The third-order valence-corrected chi connectivity index (χ3v) is 2.84. The lowest BCUT2D eigenvalue weighted by Crippen LogP contribution is -2.26. The highest BCUT2D eigenvalue weighted by Crippen LogP contribution is 2.11. The molecule has 0 amide bonds. The third-order valence-electron chi connectivity index (χ3n) is 2.84. The molecule has 0 atom stereocenters. The first kappa shape index (κ1) is 11.8. The van der Waals surface area contributed by atoms with E-state index in [-0.39, 0.29) is 5.56 Å². The summed E-state index contributed by atoms with van der Waals surface area (Å²) in [5.41, 5.74) is 2.57. The SMILES string of the molecule is CCn1c(=O)c(CC(C)C)nc2ccccc21. The van der Waals surface area contributed by atoms with E-state index in [0.717, 1.165) is 17.5 Å². The van der Waals surface area contributed by atoms with Gasteiger partial charge in [-0.15, -0.1) is 0 Å². The molecule has 90 valence electrons. The number of aryl methyl sites for hydroxylation is 1. The van der Waals surface area contributed by atoms with Crippen molar-refractivity contribution in [2.24, 2.45) is 5.92 Å². The Morgan fingerprint density at radius 2 is 2.00 bits per heavy atom. The van der Waals surface area contributed by atoms with Crippen LogP contribution in [0.3, 0.4) is 0 Å². The standard InChI is InChI=1S/C14H18N2O/c1-4-16-13-8-6-5-7-11(13)15-12(14(16)17)9-10(2)3/h5-8,10H,4,9H2,1-3H3. The van der Waals surface area contributed by atoms with Gasteiger partial charge in [-0.05, 0) is 31.4 Å². The highest BCUT2D eigenvalue weighted by molar-refractivity contribution is 5.74. The Kier molecular flexibility index (Phi) is 3.27. The van der Waals surface area contributed by atoms with Gasteiger partial charge in [0, 0.05) is 6.54 Å². The van der Waals surface area contributed by atoms with E-state index in [9.17, 15) is 4.79 Å². The molecule has 0 bridgehead atoms. The molecule has 0 N–H and O–H groups in total. The van der Waals surface area contributed by atoms with E-state index in [2.05, 4.69) is 18.8 Å². The Labute approximate surface area is 101 Å². The topological polar surface area (TPSA) is 34.9 Å². The van der Waals surface area contributed by atoms with E-state index < -0.39 is 0 Å². The number of nitrogens with zero attached hydrogens (tertiary/aromatic N) is 2. The molecule has 2 aromatic rings. The Morgan fingerprint density at radius 3 is 2.65 bits per heavy atom. The number of benzene rings is 1. The maximum Gasteiger partial charge on any atom is 0.272 e. The lowest BCUT2D eigenvalue weighted by Gasteiger charge is -2.11. The van der Waals surface area contributed by atoms with Crippen LogP contribution in [-0.4, -0.2) is 9.55 Å². The fourth-order valence-electron chi connectivity index (χ4n) is 2.08. The van der Waals surface area contributed by atoms with Crippen LogP contribution in [0.25, 0.3) is 11.0 Å². The highest BCUT2D eigenvalue weighted by atomic mass is 16.1. The molecule has 17 heavy (non-hydrogen) atoms. The Morgan fingerprint density at radius 1 is 1.29 bits per heavy atom. The lowest BCUT2D eigenvalue weighted by molar-refractivity contribution is 0.618. The molecule has 1 aromatic carbocycles. The first-order chi connectivity index (χ1) is 8.13. The molecular weight excluding hydrogens is 212 g/mol. The molecule has 0 spiro atoms. The van der Waals surface area contributed by atoms with E-state index in [1.807, 2.05) is 31.2 Å². The van der Waals surface area contributed by atoms with Crippen LogP contribution in [0.2, 0.25) is 0 Å². The largest absolute Gasteiger partial charge is 0.305 e. The molecule has 0 aliphatic carbocycles. The van der Waals surface area contributed by atoms with Crippen LogP contribution >= 0.6 is 0 Å². The zero-order valence-corrected chi connectivity index (χ0v) is 10.6. The summed E-state index contributed by atoms with van der Waals surface area (Å²) in [4.78, 5) is 16.7. The summed E-state index contributed by atoms with van der Waals surface area (Å²) in [6.45, 7) is 6.89. The molecule has 0 saturated carbocycles. The first-order valence-corrected chi connectivity index (χ1v) is 6.12. The second-order valence-corrected chi connectivity index (χ2v) is 4.69. The summed E-state index contributed by atoms with van der Waals surface area (Å²) in [6.07, 6.45) is 0.740. The number of hydrogen-bond donors (Lipinski definition) is 0. The van der Waals surface area contributed by atoms with Gasteiger partial charge in [0.05, 0.1) is 11.0 Å². The molecule has 0 unspecified atom stereocenters. The molecule has 1 aromatic heterocycles. The summed E-state index contributed by atoms with van der Waals surface area (Å²) in [5.74, 6) is 0.446. The second kappa shape index (κ2) is 4.70. The molecule has 2 rings (SSSR count). The van der Waals surface area contributed by atoms with Crippen molar-refractivity contribution in [2.45, 2.75) is 33.7 Å². The minimum atomic E-state index is 0.0555. The van der Waals surface area contributed by atoms with Crippen LogP contribution in [-0.2, 0) is 13.0 Å². The maximum absolute atomic E-state index is 12.2. The van der Waals surface area contributed by atoms with Crippen LogP contribution in [0.5, 0.6) is 0 Å². The smallest absolute Gasteiger partial charge is 0.272 e. The van der Waals surface area contributed by atoms with E-state index >= 15 is 0 Å². The molecule has 0 radical (unpaired) electrons. The molecule has 0 saturated heterocycles. The van der Waals surface area contributed by atoms with Gasteiger partial charge in [0.25, 0.3) is 5.56 Å². The van der Waals surface area contributed by atoms with Crippen LogP contribution < -0.4 is 5.56 Å². The van der Waals surface area contributed by atoms with Gasteiger partial charge in [-0.2, -0.15) is 0 Å². The predicted molar refractivity (Wildman–Crippen MR) is 70.2 cm³/mol.